The zero-order valence-corrected chi connectivity index (χ0v) is 12.5. The second kappa shape index (κ2) is 7.90. The summed E-state index contributed by atoms with van der Waals surface area (Å²) < 4.78 is 38.5. The molecule has 0 aliphatic carbocycles. The molecule has 0 amide bonds. The summed E-state index contributed by atoms with van der Waals surface area (Å²) in [5.74, 6) is -1.91. The van der Waals surface area contributed by atoms with Gasteiger partial charge in [0.05, 0.1) is 13.2 Å². The number of halogens is 2. The predicted octanol–water partition coefficient (Wildman–Crippen LogP) is 1.74. The van der Waals surface area contributed by atoms with Crippen LogP contribution in [0.15, 0.2) is 12.1 Å². The third-order valence-electron chi connectivity index (χ3n) is 3.09. The molecule has 1 aromatic carbocycles. The van der Waals surface area contributed by atoms with Crippen molar-refractivity contribution in [2.24, 2.45) is 5.73 Å². The lowest BCUT2D eigenvalue weighted by Gasteiger charge is -2.31. The molecular weight excluding hydrogens is 280 g/mol. The lowest BCUT2D eigenvalue weighted by Crippen LogP contribution is -2.40. The van der Waals surface area contributed by atoms with E-state index in [1.54, 1.807) is 11.8 Å². The fraction of sp³-hybridized carbons (Fsp3) is 0.500. The van der Waals surface area contributed by atoms with Crippen LogP contribution in [0.25, 0.3) is 0 Å². The number of anilines is 1. The Morgan fingerprint density at radius 3 is 2.29 bits per heavy atom. The van der Waals surface area contributed by atoms with Crippen molar-refractivity contribution >= 4 is 11.5 Å². The van der Waals surface area contributed by atoms with E-state index in [4.69, 9.17) is 20.6 Å². The van der Waals surface area contributed by atoms with Crippen LogP contribution in [-0.4, -0.2) is 45.9 Å². The van der Waals surface area contributed by atoms with Crippen LogP contribution in [0.2, 0.25) is 0 Å². The van der Waals surface area contributed by atoms with Gasteiger partial charge >= 0.3 is 0 Å². The number of nitrogens with one attached hydrogen (secondary N) is 1. The number of nitrogens with zero attached hydrogens (tertiary/aromatic N) is 1. The summed E-state index contributed by atoms with van der Waals surface area (Å²) in [6, 6.07) is 1.87. The Bertz CT molecular complexity index is 474. The minimum absolute atomic E-state index is 0.0137. The summed E-state index contributed by atoms with van der Waals surface area (Å²) >= 11 is 0. The van der Waals surface area contributed by atoms with Gasteiger partial charge < -0.3 is 20.1 Å². The van der Waals surface area contributed by atoms with Crippen LogP contribution in [0.3, 0.4) is 0 Å². The number of hydrogen-bond acceptors (Lipinski definition) is 4. The summed E-state index contributed by atoms with van der Waals surface area (Å²) in [6.45, 7) is 2.75. The van der Waals surface area contributed by atoms with Crippen LogP contribution in [0.4, 0.5) is 14.5 Å². The van der Waals surface area contributed by atoms with Crippen LogP contribution in [0.5, 0.6) is 0 Å². The predicted molar refractivity (Wildman–Crippen MR) is 77.9 cm³/mol. The molecule has 1 atom stereocenters. The van der Waals surface area contributed by atoms with Crippen molar-refractivity contribution in [3.05, 3.63) is 29.3 Å². The normalized spacial score (nSPS) is 12.2. The van der Waals surface area contributed by atoms with E-state index in [0.29, 0.717) is 19.8 Å². The van der Waals surface area contributed by atoms with E-state index in [0.717, 1.165) is 12.1 Å². The highest BCUT2D eigenvalue weighted by Crippen LogP contribution is 2.26. The maximum absolute atomic E-state index is 14.2. The quantitative estimate of drug-likeness (QED) is 0.567. The molecule has 0 radical (unpaired) electrons. The molecule has 0 aliphatic rings. The van der Waals surface area contributed by atoms with E-state index in [1.165, 1.54) is 14.2 Å². The molecule has 1 aromatic rings. The Balaban J connectivity index is 3.20. The van der Waals surface area contributed by atoms with Gasteiger partial charge in [0.15, 0.2) is 0 Å². The molecule has 7 heteroatoms. The topological polar surface area (TPSA) is 71.6 Å². The first-order valence-corrected chi connectivity index (χ1v) is 6.50. The fourth-order valence-corrected chi connectivity index (χ4v) is 2.07. The van der Waals surface area contributed by atoms with Gasteiger partial charge in [-0.2, -0.15) is 0 Å². The first-order valence-electron chi connectivity index (χ1n) is 6.50. The maximum atomic E-state index is 14.2. The molecular formula is C14H21F2N3O2. The molecule has 1 rings (SSSR count). The van der Waals surface area contributed by atoms with E-state index < -0.39 is 11.6 Å². The highest BCUT2D eigenvalue weighted by Gasteiger charge is 2.23. The fourth-order valence-electron chi connectivity index (χ4n) is 2.07. The van der Waals surface area contributed by atoms with Crippen molar-refractivity contribution in [1.82, 2.24) is 0 Å². The molecule has 118 valence electrons. The minimum atomic E-state index is -0.765. The van der Waals surface area contributed by atoms with Crippen molar-refractivity contribution < 1.29 is 18.3 Å². The lowest BCUT2D eigenvalue weighted by molar-refractivity contribution is 0.170. The molecule has 0 saturated carbocycles. The number of nitrogen functional groups attached to an aromatic ring is 1. The van der Waals surface area contributed by atoms with Crippen LogP contribution in [-0.2, 0) is 9.47 Å². The molecule has 0 aliphatic heterocycles. The molecule has 0 fully saturated rings. The Morgan fingerprint density at radius 1 is 1.29 bits per heavy atom. The van der Waals surface area contributed by atoms with E-state index in [9.17, 15) is 8.78 Å². The molecule has 1 unspecified atom stereocenters. The van der Waals surface area contributed by atoms with Crippen molar-refractivity contribution in [3.63, 3.8) is 0 Å². The molecule has 0 aromatic heterocycles. The number of rotatable bonds is 8. The van der Waals surface area contributed by atoms with Gasteiger partial charge in [-0.3, -0.25) is 5.41 Å². The second-order valence-electron chi connectivity index (χ2n) is 4.69. The van der Waals surface area contributed by atoms with Gasteiger partial charge in [0.2, 0.25) is 0 Å². The molecule has 0 heterocycles. The summed E-state index contributed by atoms with van der Waals surface area (Å²) in [7, 11) is 3.04. The molecule has 3 N–H and O–H groups in total. The average molecular weight is 301 g/mol. The van der Waals surface area contributed by atoms with Crippen LogP contribution < -0.4 is 10.6 Å². The van der Waals surface area contributed by atoms with Gasteiger partial charge in [-0.05, 0) is 19.1 Å². The number of benzene rings is 1. The summed E-state index contributed by atoms with van der Waals surface area (Å²) in [4.78, 5) is 1.54. The van der Waals surface area contributed by atoms with E-state index in [-0.39, 0.29) is 23.1 Å². The number of methoxy groups -OCH3 is 2. The van der Waals surface area contributed by atoms with Gasteiger partial charge in [-0.15, -0.1) is 0 Å². The van der Waals surface area contributed by atoms with Gasteiger partial charge in [-0.1, -0.05) is 0 Å². The smallest absolute Gasteiger partial charge is 0.150 e. The highest BCUT2D eigenvalue weighted by molar-refractivity contribution is 5.95. The Labute approximate surface area is 123 Å². The minimum Gasteiger partial charge on any atom is -0.384 e. The van der Waals surface area contributed by atoms with Crippen molar-refractivity contribution in [3.8, 4) is 0 Å². The molecule has 0 bridgehead atoms. The number of amidine groups is 1. The molecule has 5 nitrogen and oxygen atoms in total. The number of ether oxygens (including phenoxy) is 2. The standard InChI is InChI=1S/C14H21F2N3O2/c1-9(8-21-3)19(4-5-20-2)13-11(15)6-10(14(17)18)7-12(13)16/h6-7,9H,4-5,8H2,1-3H3,(H3,17,18). The van der Waals surface area contributed by atoms with Gasteiger partial charge in [0, 0.05) is 32.4 Å². The first-order chi connectivity index (χ1) is 9.92. The van der Waals surface area contributed by atoms with E-state index in [2.05, 4.69) is 0 Å². The number of hydrogen-bond donors (Lipinski definition) is 2. The monoisotopic (exact) mass is 301 g/mol. The van der Waals surface area contributed by atoms with Crippen LogP contribution in [0, 0.1) is 17.0 Å². The van der Waals surface area contributed by atoms with E-state index in [1.807, 2.05) is 0 Å². The van der Waals surface area contributed by atoms with Gasteiger partial charge in [-0.25, -0.2) is 8.78 Å². The van der Waals surface area contributed by atoms with Crippen molar-refractivity contribution in [1.29, 1.82) is 5.41 Å². The SMILES string of the molecule is COCCN(c1c(F)cc(C(=N)N)cc1F)C(C)COC. The zero-order chi connectivity index (χ0) is 16.0. The number of nitrogens with two attached hydrogens (primary N) is 1. The first kappa shape index (κ1) is 17.3. The average Bonchev–Trinajstić information content (AvgIpc) is 2.41. The maximum Gasteiger partial charge on any atom is 0.150 e. The molecule has 21 heavy (non-hydrogen) atoms. The van der Waals surface area contributed by atoms with Crippen LogP contribution >= 0.6 is 0 Å². The van der Waals surface area contributed by atoms with Crippen LogP contribution in [0.1, 0.15) is 12.5 Å². The third kappa shape index (κ3) is 4.37. The third-order valence-corrected chi connectivity index (χ3v) is 3.09. The largest absolute Gasteiger partial charge is 0.384 e. The van der Waals surface area contributed by atoms with E-state index >= 15 is 0 Å². The van der Waals surface area contributed by atoms with Gasteiger partial charge in [0.25, 0.3) is 0 Å². The Hall–Kier alpha value is -1.73. The second-order valence-corrected chi connectivity index (χ2v) is 4.69. The zero-order valence-electron chi connectivity index (χ0n) is 12.5. The summed E-state index contributed by atoms with van der Waals surface area (Å²) in [5.41, 5.74) is 5.11. The van der Waals surface area contributed by atoms with Gasteiger partial charge in [0.1, 0.15) is 23.2 Å². The molecule has 0 saturated heterocycles. The van der Waals surface area contributed by atoms with Crippen molar-refractivity contribution in [2.75, 3.05) is 38.9 Å². The van der Waals surface area contributed by atoms with Crippen molar-refractivity contribution in [2.45, 2.75) is 13.0 Å². The lowest BCUT2D eigenvalue weighted by atomic mass is 10.1. The summed E-state index contributed by atoms with van der Waals surface area (Å²) in [6.07, 6.45) is 0. The Kier molecular flexibility index (Phi) is 6.51. The molecule has 0 spiro atoms. The Morgan fingerprint density at radius 2 is 1.86 bits per heavy atom. The summed E-state index contributed by atoms with van der Waals surface area (Å²) in [5, 5.41) is 7.26. The highest BCUT2D eigenvalue weighted by atomic mass is 19.1.